The summed E-state index contributed by atoms with van der Waals surface area (Å²) in [6, 6.07) is 0. The van der Waals surface area contributed by atoms with Gasteiger partial charge >= 0.3 is 0 Å². The smallest absolute Gasteiger partial charge is 0.0600 e. The van der Waals surface area contributed by atoms with Gasteiger partial charge in [-0.15, -0.1) is 47.0 Å². The van der Waals surface area contributed by atoms with E-state index in [9.17, 15) is 0 Å². The molecule has 2 nitrogen and oxygen atoms in total. The summed E-state index contributed by atoms with van der Waals surface area (Å²) in [5.74, 6) is 10.0. The molecule has 2 saturated heterocycles. The van der Waals surface area contributed by atoms with E-state index >= 15 is 0 Å². The number of hydrogen-bond donors (Lipinski definition) is 0. The Morgan fingerprint density at radius 1 is 0.500 bits per heavy atom. The van der Waals surface area contributed by atoms with Gasteiger partial charge in [0.15, 0.2) is 0 Å². The lowest BCUT2D eigenvalue weighted by molar-refractivity contribution is 0.0582. The normalized spacial score (nSPS) is 28.3. The molecule has 0 atom stereocenters. The van der Waals surface area contributed by atoms with Gasteiger partial charge in [-0.3, -0.25) is 0 Å². The fraction of sp³-hybridized carbons (Fsp3) is 1.00. The summed E-state index contributed by atoms with van der Waals surface area (Å²) in [5, 5.41) is 5.04. The van der Waals surface area contributed by atoms with Crippen molar-refractivity contribution in [3.8, 4) is 0 Å². The first-order valence-corrected chi connectivity index (χ1v) is 9.39. The highest BCUT2D eigenvalue weighted by Crippen LogP contribution is 2.24. The fourth-order valence-electron chi connectivity index (χ4n) is 1.32. The average Bonchev–Trinajstić information content (AvgIpc) is 2.62. The second-order valence-corrected chi connectivity index (χ2v) is 7.46. The quantitative estimate of drug-likeness (QED) is 0.715. The number of thioether (sulfide) groups is 4. The van der Waals surface area contributed by atoms with Crippen molar-refractivity contribution >= 4 is 47.0 Å². The summed E-state index contributed by atoms with van der Waals surface area (Å²) < 4.78 is 0. The summed E-state index contributed by atoms with van der Waals surface area (Å²) in [7, 11) is 0. The van der Waals surface area contributed by atoms with Crippen LogP contribution in [0.3, 0.4) is 0 Å². The van der Waals surface area contributed by atoms with Gasteiger partial charge in [0.2, 0.25) is 0 Å². The molecule has 0 aromatic heterocycles. The Kier molecular flexibility index (Phi) is 5.73. The average molecular weight is 268 g/mol. The van der Waals surface area contributed by atoms with E-state index in [0.29, 0.717) is 0 Å². The molecule has 2 rings (SSSR count). The van der Waals surface area contributed by atoms with Gasteiger partial charge < -0.3 is 0 Å². The molecule has 0 aromatic carbocycles. The Balaban J connectivity index is 1.83. The maximum Gasteiger partial charge on any atom is 0.0600 e. The second-order valence-electron chi connectivity index (χ2n) is 3.16. The number of hydrazine groups is 1. The third-order valence-electron chi connectivity index (χ3n) is 2.11. The van der Waals surface area contributed by atoms with Crippen LogP contribution in [0.4, 0.5) is 0 Å². The van der Waals surface area contributed by atoms with Crippen molar-refractivity contribution in [1.29, 1.82) is 0 Å². The second kappa shape index (κ2) is 6.81. The molecule has 6 heteroatoms. The molecule has 0 aliphatic carbocycles. The molecular formula is C8H16N2S4. The SMILES string of the molecule is C1CSCN(N2CSCCSC2)CS1. The van der Waals surface area contributed by atoms with Crippen LogP contribution < -0.4 is 0 Å². The maximum absolute atomic E-state index is 2.52. The molecule has 2 aliphatic rings. The molecule has 0 N–H and O–H groups in total. The zero-order chi connectivity index (χ0) is 9.64. The topological polar surface area (TPSA) is 6.48 Å². The Bertz CT molecular complexity index is 135. The summed E-state index contributed by atoms with van der Waals surface area (Å²) in [5.41, 5.74) is 0. The zero-order valence-corrected chi connectivity index (χ0v) is 11.5. The highest BCUT2D eigenvalue weighted by atomic mass is 32.2. The van der Waals surface area contributed by atoms with Crippen molar-refractivity contribution in [2.24, 2.45) is 0 Å². The van der Waals surface area contributed by atoms with Gasteiger partial charge in [-0.25, -0.2) is 10.0 Å². The maximum atomic E-state index is 2.52. The molecule has 82 valence electrons. The van der Waals surface area contributed by atoms with E-state index in [0.717, 1.165) is 0 Å². The van der Waals surface area contributed by atoms with Crippen LogP contribution in [0, 0.1) is 0 Å². The van der Waals surface area contributed by atoms with Gasteiger partial charge in [-0.2, -0.15) is 0 Å². The summed E-state index contributed by atoms with van der Waals surface area (Å²) in [6.45, 7) is 0. The van der Waals surface area contributed by atoms with Crippen molar-refractivity contribution in [2.45, 2.75) is 0 Å². The van der Waals surface area contributed by atoms with Crippen LogP contribution in [-0.2, 0) is 0 Å². The van der Waals surface area contributed by atoms with Crippen LogP contribution in [0.1, 0.15) is 0 Å². The highest BCUT2D eigenvalue weighted by molar-refractivity contribution is 8.04. The molecule has 0 bridgehead atoms. The van der Waals surface area contributed by atoms with Crippen LogP contribution in [0.5, 0.6) is 0 Å². The lowest BCUT2D eigenvalue weighted by atomic mass is 11.0. The molecule has 0 radical (unpaired) electrons. The summed E-state index contributed by atoms with van der Waals surface area (Å²) in [6.07, 6.45) is 0. The predicted octanol–water partition coefficient (Wildman–Crippen LogP) is 2.30. The van der Waals surface area contributed by atoms with Crippen molar-refractivity contribution in [3.05, 3.63) is 0 Å². The first-order chi connectivity index (χ1) is 6.97. The highest BCUT2D eigenvalue weighted by Gasteiger charge is 2.18. The Labute approximate surface area is 103 Å². The minimum Gasteiger partial charge on any atom is -0.220 e. The van der Waals surface area contributed by atoms with Gasteiger partial charge in [-0.05, 0) is 0 Å². The molecule has 14 heavy (non-hydrogen) atoms. The fourth-order valence-corrected chi connectivity index (χ4v) is 5.81. The molecular weight excluding hydrogens is 252 g/mol. The number of hydrogen-bond acceptors (Lipinski definition) is 6. The van der Waals surface area contributed by atoms with Crippen molar-refractivity contribution in [1.82, 2.24) is 10.0 Å². The number of nitrogens with zero attached hydrogens (tertiary/aromatic N) is 2. The monoisotopic (exact) mass is 268 g/mol. The van der Waals surface area contributed by atoms with E-state index in [1.165, 1.54) is 46.5 Å². The van der Waals surface area contributed by atoms with Gasteiger partial charge in [0.05, 0.1) is 23.5 Å². The molecule has 0 unspecified atom stereocenters. The van der Waals surface area contributed by atoms with E-state index in [1.54, 1.807) is 0 Å². The first kappa shape index (κ1) is 11.8. The molecule has 0 aromatic rings. The first-order valence-electron chi connectivity index (χ1n) is 4.77. The standard InChI is InChI=1S/C8H16N2S4/c1-2-12-6-9(5-11-1)10-7-13-3-4-14-8-10/h1-8H2. The predicted molar refractivity (Wildman–Crippen MR) is 73.0 cm³/mol. The zero-order valence-electron chi connectivity index (χ0n) is 8.18. The molecule has 2 heterocycles. The van der Waals surface area contributed by atoms with E-state index in [1.807, 2.05) is 0 Å². The van der Waals surface area contributed by atoms with Crippen LogP contribution in [0.25, 0.3) is 0 Å². The van der Waals surface area contributed by atoms with E-state index in [4.69, 9.17) is 0 Å². The third-order valence-corrected chi connectivity index (χ3v) is 6.52. The minimum absolute atomic E-state index is 1.19. The molecule has 0 saturated carbocycles. The minimum atomic E-state index is 1.19. The molecule has 2 aliphatic heterocycles. The largest absolute Gasteiger partial charge is 0.220 e. The lowest BCUT2D eigenvalue weighted by Crippen LogP contribution is -2.41. The van der Waals surface area contributed by atoms with Crippen molar-refractivity contribution in [3.63, 3.8) is 0 Å². The Morgan fingerprint density at radius 2 is 0.786 bits per heavy atom. The Hall–Kier alpha value is 1.32. The lowest BCUT2D eigenvalue weighted by Gasteiger charge is -2.31. The van der Waals surface area contributed by atoms with Crippen LogP contribution >= 0.6 is 47.0 Å². The van der Waals surface area contributed by atoms with Gasteiger partial charge in [0, 0.05) is 23.0 Å². The van der Waals surface area contributed by atoms with Crippen LogP contribution in [0.2, 0.25) is 0 Å². The molecule has 2 fully saturated rings. The molecule has 0 spiro atoms. The van der Waals surface area contributed by atoms with Crippen LogP contribution in [0.15, 0.2) is 0 Å². The Morgan fingerprint density at radius 3 is 1.07 bits per heavy atom. The van der Waals surface area contributed by atoms with Gasteiger partial charge in [0.1, 0.15) is 0 Å². The summed E-state index contributed by atoms with van der Waals surface area (Å²) >= 11 is 8.28. The van der Waals surface area contributed by atoms with E-state index < -0.39 is 0 Å². The molecule has 0 amide bonds. The van der Waals surface area contributed by atoms with E-state index in [2.05, 4.69) is 57.1 Å². The number of rotatable bonds is 1. The van der Waals surface area contributed by atoms with Crippen molar-refractivity contribution in [2.75, 3.05) is 46.5 Å². The van der Waals surface area contributed by atoms with Gasteiger partial charge in [-0.1, -0.05) is 0 Å². The van der Waals surface area contributed by atoms with Crippen molar-refractivity contribution < 1.29 is 0 Å². The van der Waals surface area contributed by atoms with Gasteiger partial charge in [0.25, 0.3) is 0 Å². The van der Waals surface area contributed by atoms with Crippen LogP contribution in [-0.4, -0.2) is 56.5 Å². The van der Waals surface area contributed by atoms with E-state index in [-0.39, 0.29) is 0 Å². The third kappa shape index (κ3) is 3.72. The summed E-state index contributed by atoms with van der Waals surface area (Å²) in [4.78, 5) is 0.